The molecule has 1 aromatic heterocycles. The van der Waals surface area contributed by atoms with Crippen molar-refractivity contribution in [3.05, 3.63) is 11.7 Å². The van der Waals surface area contributed by atoms with E-state index in [1.54, 1.807) is 0 Å². The molecule has 2 atom stereocenters. The molecule has 1 saturated heterocycles. The average molecular weight is 248 g/mol. The summed E-state index contributed by atoms with van der Waals surface area (Å²) in [6, 6.07) is 0. The Kier molecular flexibility index (Phi) is 4.01. The largest absolute Gasteiger partial charge is 0.387 e. The van der Waals surface area contributed by atoms with Crippen molar-refractivity contribution in [1.82, 2.24) is 10.1 Å². The van der Waals surface area contributed by atoms with Crippen LogP contribution in [0.15, 0.2) is 4.52 Å². The predicted octanol–water partition coefficient (Wildman–Crippen LogP) is 1.13. The number of aliphatic hydroxyl groups excluding tert-OH is 1. The first-order valence-corrected chi connectivity index (χ1v) is 5.53. The first-order chi connectivity index (χ1) is 8.16. The molecule has 0 aromatic carbocycles. The molecule has 1 aliphatic heterocycles. The number of rotatable bonds is 4. The highest BCUT2D eigenvalue weighted by Gasteiger charge is 2.24. The number of halogens is 2. The van der Waals surface area contributed by atoms with E-state index >= 15 is 0 Å². The maximum Gasteiger partial charge on any atom is 0.264 e. The molecule has 1 N–H and O–H groups in total. The SMILES string of the molecule is OC(Cc1nc(C2CCCOC2)no1)C(F)F. The zero-order valence-electron chi connectivity index (χ0n) is 9.18. The Morgan fingerprint density at radius 3 is 2.94 bits per heavy atom. The van der Waals surface area contributed by atoms with Crippen molar-refractivity contribution in [2.24, 2.45) is 0 Å². The summed E-state index contributed by atoms with van der Waals surface area (Å²) in [6.07, 6.45) is -3.06. The van der Waals surface area contributed by atoms with Gasteiger partial charge in [0.1, 0.15) is 6.10 Å². The molecular formula is C10H14F2N2O3. The first kappa shape index (κ1) is 12.4. The second-order valence-electron chi connectivity index (χ2n) is 4.07. The number of hydrogen-bond acceptors (Lipinski definition) is 5. The van der Waals surface area contributed by atoms with Crippen LogP contribution in [0.25, 0.3) is 0 Å². The Bertz CT molecular complexity index is 353. The monoisotopic (exact) mass is 248 g/mol. The maximum atomic E-state index is 12.1. The quantitative estimate of drug-likeness (QED) is 0.865. The van der Waals surface area contributed by atoms with Crippen LogP contribution >= 0.6 is 0 Å². The van der Waals surface area contributed by atoms with E-state index in [2.05, 4.69) is 10.1 Å². The number of nitrogens with zero attached hydrogens (tertiary/aromatic N) is 2. The van der Waals surface area contributed by atoms with Crippen LogP contribution in [-0.2, 0) is 11.2 Å². The van der Waals surface area contributed by atoms with E-state index in [9.17, 15) is 8.78 Å². The molecule has 7 heteroatoms. The number of aromatic nitrogens is 2. The summed E-state index contributed by atoms with van der Waals surface area (Å²) in [5.74, 6) is 0.574. The molecule has 0 saturated carbocycles. The van der Waals surface area contributed by atoms with Gasteiger partial charge < -0.3 is 14.4 Å². The fraction of sp³-hybridized carbons (Fsp3) is 0.800. The molecule has 1 aliphatic rings. The van der Waals surface area contributed by atoms with Gasteiger partial charge in [-0.1, -0.05) is 5.16 Å². The Balaban J connectivity index is 1.95. The zero-order chi connectivity index (χ0) is 12.3. The van der Waals surface area contributed by atoms with Gasteiger partial charge in [0, 0.05) is 12.5 Å². The van der Waals surface area contributed by atoms with Crippen molar-refractivity contribution >= 4 is 0 Å². The topological polar surface area (TPSA) is 68.4 Å². The van der Waals surface area contributed by atoms with Crippen molar-refractivity contribution in [2.75, 3.05) is 13.2 Å². The lowest BCUT2D eigenvalue weighted by Gasteiger charge is -2.18. The molecule has 0 spiro atoms. The van der Waals surface area contributed by atoms with Crippen LogP contribution in [0, 0.1) is 0 Å². The van der Waals surface area contributed by atoms with Gasteiger partial charge in [0.05, 0.1) is 13.0 Å². The minimum atomic E-state index is -2.80. The van der Waals surface area contributed by atoms with Crippen LogP contribution in [0.3, 0.4) is 0 Å². The number of hydrogen-bond donors (Lipinski definition) is 1. The Hall–Kier alpha value is -1.08. The van der Waals surface area contributed by atoms with Crippen LogP contribution in [-0.4, -0.2) is 41.0 Å². The molecule has 17 heavy (non-hydrogen) atoms. The van der Waals surface area contributed by atoms with Crippen molar-refractivity contribution in [3.63, 3.8) is 0 Å². The summed E-state index contributed by atoms with van der Waals surface area (Å²) in [7, 11) is 0. The number of ether oxygens (including phenoxy) is 1. The minimum absolute atomic E-state index is 0.0402. The van der Waals surface area contributed by atoms with E-state index < -0.39 is 12.5 Å². The molecule has 2 unspecified atom stereocenters. The van der Waals surface area contributed by atoms with Crippen LogP contribution in [0.4, 0.5) is 8.78 Å². The molecule has 2 heterocycles. The highest BCUT2D eigenvalue weighted by molar-refractivity contribution is 4.97. The van der Waals surface area contributed by atoms with Crippen LogP contribution < -0.4 is 0 Å². The normalized spacial score (nSPS) is 22.9. The predicted molar refractivity (Wildman–Crippen MR) is 52.8 cm³/mol. The number of alkyl halides is 2. The van der Waals surface area contributed by atoms with E-state index in [-0.39, 0.29) is 18.2 Å². The smallest absolute Gasteiger partial charge is 0.264 e. The third-order valence-electron chi connectivity index (χ3n) is 2.68. The molecule has 1 fully saturated rings. The molecule has 0 radical (unpaired) electrons. The molecule has 1 aromatic rings. The zero-order valence-corrected chi connectivity index (χ0v) is 9.18. The lowest BCUT2D eigenvalue weighted by Crippen LogP contribution is -2.20. The van der Waals surface area contributed by atoms with Crippen LogP contribution in [0.1, 0.15) is 30.5 Å². The molecular weight excluding hydrogens is 234 g/mol. The molecule has 0 bridgehead atoms. The Labute approximate surface area is 96.8 Å². The van der Waals surface area contributed by atoms with Crippen molar-refractivity contribution in [1.29, 1.82) is 0 Å². The lowest BCUT2D eigenvalue weighted by molar-refractivity contribution is -0.00754. The van der Waals surface area contributed by atoms with Crippen LogP contribution in [0.2, 0.25) is 0 Å². The summed E-state index contributed by atoms with van der Waals surface area (Å²) in [5.41, 5.74) is 0. The van der Waals surface area contributed by atoms with Gasteiger partial charge in [0.25, 0.3) is 6.43 Å². The average Bonchev–Trinajstić information content (AvgIpc) is 2.78. The van der Waals surface area contributed by atoms with E-state index in [1.807, 2.05) is 0 Å². The van der Waals surface area contributed by atoms with Gasteiger partial charge in [-0.25, -0.2) is 8.78 Å². The molecule has 0 amide bonds. The van der Waals surface area contributed by atoms with Gasteiger partial charge in [0.2, 0.25) is 5.89 Å². The summed E-state index contributed by atoms with van der Waals surface area (Å²) in [6.45, 7) is 1.25. The van der Waals surface area contributed by atoms with E-state index in [1.165, 1.54) is 0 Å². The summed E-state index contributed by atoms with van der Waals surface area (Å²) in [4.78, 5) is 4.01. The van der Waals surface area contributed by atoms with Gasteiger partial charge in [-0.05, 0) is 12.8 Å². The highest BCUT2D eigenvalue weighted by Crippen LogP contribution is 2.23. The van der Waals surface area contributed by atoms with Gasteiger partial charge in [0.15, 0.2) is 5.82 Å². The molecule has 5 nitrogen and oxygen atoms in total. The van der Waals surface area contributed by atoms with Gasteiger partial charge in [-0.3, -0.25) is 0 Å². The summed E-state index contributed by atoms with van der Waals surface area (Å²) >= 11 is 0. The van der Waals surface area contributed by atoms with Crippen molar-refractivity contribution in [2.45, 2.75) is 37.7 Å². The lowest BCUT2D eigenvalue weighted by atomic mass is 10.0. The Morgan fingerprint density at radius 1 is 1.47 bits per heavy atom. The van der Waals surface area contributed by atoms with Gasteiger partial charge >= 0.3 is 0 Å². The van der Waals surface area contributed by atoms with E-state index in [0.29, 0.717) is 12.4 Å². The van der Waals surface area contributed by atoms with E-state index in [0.717, 1.165) is 19.4 Å². The fourth-order valence-corrected chi connectivity index (χ4v) is 1.73. The first-order valence-electron chi connectivity index (χ1n) is 5.53. The Morgan fingerprint density at radius 2 is 2.29 bits per heavy atom. The second-order valence-corrected chi connectivity index (χ2v) is 4.07. The molecule has 96 valence electrons. The van der Waals surface area contributed by atoms with Crippen LogP contribution in [0.5, 0.6) is 0 Å². The van der Waals surface area contributed by atoms with Gasteiger partial charge in [-0.15, -0.1) is 0 Å². The maximum absolute atomic E-state index is 12.1. The second kappa shape index (κ2) is 5.50. The van der Waals surface area contributed by atoms with E-state index in [4.69, 9.17) is 14.4 Å². The van der Waals surface area contributed by atoms with Crippen molar-refractivity contribution in [3.8, 4) is 0 Å². The molecule has 2 rings (SSSR count). The number of aliphatic hydroxyl groups is 1. The summed E-state index contributed by atoms with van der Waals surface area (Å²) in [5, 5.41) is 12.7. The standard InChI is InChI=1S/C10H14F2N2O3/c11-9(12)7(15)4-8-13-10(14-17-8)6-2-1-3-16-5-6/h6-7,9,15H,1-5H2. The highest BCUT2D eigenvalue weighted by atomic mass is 19.3. The molecule has 0 aliphatic carbocycles. The third kappa shape index (κ3) is 3.19. The minimum Gasteiger partial charge on any atom is -0.387 e. The fourth-order valence-electron chi connectivity index (χ4n) is 1.73. The van der Waals surface area contributed by atoms with Crippen molar-refractivity contribution < 1.29 is 23.1 Å². The summed E-state index contributed by atoms with van der Waals surface area (Å²) < 4.78 is 34.3. The van der Waals surface area contributed by atoms with Gasteiger partial charge in [-0.2, -0.15) is 4.98 Å². The third-order valence-corrected chi connectivity index (χ3v) is 2.68.